The van der Waals surface area contributed by atoms with Crippen molar-refractivity contribution in [2.24, 2.45) is 0 Å². The van der Waals surface area contributed by atoms with Gasteiger partial charge in [-0.3, -0.25) is 4.72 Å². The minimum absolute atomic E-state index is 0.510. The van der Waals surface area contributed by atoms with Crippen LogP contribution in [0.3, 0.4) is 0 Å². The third kappa shape index (κ3) is 5.44. The molecule has 5 nitrogen and oxygen atoms in total. The minimum atomic E-state index is -3.33. The number of hydrogen-bond donors (Lipinski definition) is 1. The van der Waals surface area contributed by atoms with E-state index in [9.17, 15) is 8.42 Å². The summed E-state index contributed by atoms with van der Waals surface area (Å²) in [5.41, 5.74) is 11.8. The topological polar surface area (TPSA) is 72.0 Å². The SMILES string of the molecule is CS(=O)(=O)Nc1ccc(-c2ccc(-c3c(CCc4ccc(Cl)cc4)ccc4c3Cc3ccccc3-4)nn2)cc1. The van der Waals surface area contributed by atoms with E-state index in [2.05, 4.69) is 58.4 Å². The van der Waals surface area contributed by atoms with Gasteiger partial charge in [0.05, 0.1) is 17.6 Å². The number of rotatable bonds is 7. The summed E-state index contributed by atoms with van der Waals surface area (Å²) < 4.78 is 25.5. The molecule has 1 heterocycles. The predicted octanol–water partition coefficient (Wildman–Crippen LogP) is 7.19. The summed E-state index contributed by atoms with van der Waals surface area (Å²) in [6.07, 6.45) is 3.77. The third-order valence-electron chi connectivity index (χ3n) is 7.07. The molecule has 1 aliphatic carbocycles. The molecule has 0 saturated carbocycles. The van der Waals surface area contributed by atoms with Crippen LogP contribution in [-0.2, 0) is 29.3 Å². The minimum Gasteiger partial charge on any atom is -0.284 e. The van der Waals surface area contributed by atoms with Crippen molar-refractivity contribution in [2.75, 3.05) is 11.0 Å². The van der Waals surface area contributed by atoms with E-state index in [0.29, 0.717) is 5.69 Å². The van der Waals surface area contributed by atoms with E-state index in [1.165, 1.54) is 33.4 Å². The van der Waals surface area contributed by atoms with E-state index in [-0.39, 0.29) is 0 Å². The van der Waals surface area contributed by atoms with Gasteiger partial charge in [-0.25, -0.2) is 8.42 Å². The number of anilines is 1. The van der Waals surface area contributed by atoms with Gasteiger partial charge in [-0.05, 0) is 89.0 Å². The van der Waals surface area contributed by atoms with Crippen LogP contribution in [0, 0.1) is 0 Å². The van der Waals surface area contributed by atoms with Crippen LogP contribution in [0.2, 0.25) is 5.02 Å². The summed E-state index contributed by atoms with van der Waals surface area (Å²) in [6.45, 7) is 0. The van der Waals surface area contributed by atoms with E-state index < -0.39 is 10.0 Å². The van der Waals surface area contributed by atoms with Gasteiger partial charge in [0, 0.05) is 21.8 Å². The fourth-order valence-electron chi connectivity index (χ4n) is 5.26. The molecule has 7 heteroatoms. The number of fused-ring (bicyclic) bond motifs is 3. The number of sulfonamides is 1. The third-order valence-corrected chi connectivity index (χ3v) is 7.93. The van der Waals surface area contributed by atoms with Crippen LogP contribution < -0.4 is 4.72 Å². The van der Waals surface area contributed by atoms with Crippen LogP contribution in [0.15, 0.2) is 97.1 Å². The highest BCUT2D eigenvalue weighted by atomic mass is 35.5. The zero-order valence-corrected chi connectivity index (χ0v) is 22.9. The largest absolute Gasteiger partial charge is 0.284 e. The number of halogens is 1. The molecule has 6 rings (SSSR count). The number of aryl methyl sites for hydroxylation is 2. The molecule has 0 bridgehead atoms. The summed E-state index contributed by atoms with van der Waals surface area (Å²) in [5, 5.41) is 10.0. The van der Waals surface area contributed by atoms with Crippen LogP contribution in [0.4, 0.5) is 5.69 Å². The number of nitrogens with one attached hydrogen (secondary N) is 1. The van der Waals surface area contributed by atoms with Crippen molar-refractivity contribution in [2.45, 2.75) is 19.3 Å². The maximum absolute atomic E-state index is 11.5. The molecule has 4 aromatic carbocycles. The molecule has 0 fully saturated rings. The van der Waals surface area contributed by atoms with E-state index in [0.717, 1.165) is 53.1 Å². The molecule has 39 heavy (non-hydrogen) atoms. The second-order valence-corrected chi connectivity index (χ2v) is 12.0. The second-order valence-electron chi connectivity index (χ2n) is 9.84. The van der Waals surface area contributed by atoms with Crippen molar-refractivity contribution in [3.05, 3.63) is 124 Å². The molecule has 1 aromatic heterocycles. The molecule has 5 aromatic rings. The smallest absolute Gasteiger partial charge is 0.229 e. The molecule has 0 saturated heterocycles. The van der Waals surface area contributed by atoms with Crippen molar-refractivity contribution >= 4 is 27.3 Å². The van der Waals surface area contributed by atoms with Gasteiger partial charge >= 0.3 is 0 Å². The first kappa shape index (κ1) is 25.3. The van der Waals surface area contributed by atoms with Gasteiger partial charge in [-0.1, -0.05) is 72.3 Å². The lowest BCUT2D eigenvalue weighted by Gasteiger charge is -2.15. The first-order valence-electron chi connectivity index (χ1n) is 12.7. The highest BCUT2D eigenvalue weighted by Gasteiger charge is 2.24. The van der Waals surface area contributed by atoms with Gasteiger partial charge in [0.2, 0.25) is 10.0 Å². The van der Waals surface area contributed by atoms with Crippen LogP contribution in [-0.4, -0.2) is 24.9 Å². The van der Waals surface area contributed by atoms with Gasteiger partial charge in [0.25, 0.3) is 0 Å². The molecule has 0 spiro atoms. The Balaban J connectivity index is 1.35. The Morgan fingerprint density at radius 3 is 2.21 bits per heavy atom. The van der Waals surface area contributed by atoms with E-state index >= 15 is 0 Å². The molecular weight excluding hydrogens is 526 g/mol. The maximum atomic E-state index is 11.5. The van der Waals surface area contributed by atoms with Crippen molar-refractivity contribution in [3.8, 4) is 33.6 Å². The molecular formula is C32H26ClN3O2S. The van der Waals surface area contributed by atoms with E-state index in [4.69, 9.17) is 16.7 Å². The lowest BCUT2D eigenvalue weighted by atomic mass is 9.90. The Bertz CT molecular complexity index is 1770. The zero-order valence-electron chi connectivity index (χ0n) is 21.4. The van der Waals surface area contributed by atoms with Crippen LogP contribution in [0.5, 0.6) is 0 Å². The molecule has 194 valence electrons. The first-order chi connectivity index (χ1) is 18.8. The Morgan fingerprint density at radius 1 is 0.769 bits per heavy atom. The molecule has 0 atom stereocenters. The van der Waals surface area contributed by atoms with Gasteiger partial charge in [0.1, 0.15) is 0 Å². The monoisotopic (exact) mass is 551 g/mol. The fourth-order valence-corrected chi connectivity index (χ4v) is 5.95. The quantitative estimate of drug-likeness (QED) is 0.228. The number of aromatic nitrogens is 2. The van der Waals surface area contributed by atoms with Gasteiger partial charge < -0.3 is 0 Å². The summed E-state index contributed by atoms with van der Waals surface area (Å²) in [7, 11) is -3.33. The number of hydrogen-bond acceptors (Lipinski definition) is 4. The highest BCUT2D eigenvalue weighted by molar-refractivity contribution is 7.92. The highest BCUT2D eigenvalue weighted by Crippen LogP contribution is 2.43. The molecule has 0 radical (unpaired) electrons. The van der Waals surface area contributed by atoms with Crippen LogP contribution in [0.1, 0.15) is 22.3 Å². The van der Waals surface area contributed by atoms with Gasteiger partial charge in [-0.15, -0.1) is 10.2 Å². The van der Waals surface area contributed by atoms with Crippen molar-refractivity contribution in [1.29, 1.82) is 0 Å². The van der Waals surface area contributed by atoms with Crippen LogP contribution >= 0.6 is 11.6 Å². The van der Waals surface area contributed by atoms with E-state index in [1.807, 2.05) is 36.4 Å². The number of benzene rings is 4. The Hall–Kier alpha value is -4.00. The predicted molar refractivity (Wildman–Crippen MR) is 158 cm³/mol. The summed E-state index contributed by atoms with van der Waals surface area (Å²) >= 11 is 6.09. The van der Waals surface area contributed by atoms with Gasteiger partial charge in [-0.2, -0.15) is 0 Å². The summed E-state index contributed by atoms with van der Waals surface area (Å²) in [5.74, 6) is 0. The Kier molecular flexibility index (Phi) is 6.67. The summed E-state index contributed by atoms with van der Waals surface area (Å²) in [6, 6.07) is 32.2. The molecule has 0 unspecified atom stereocenters. The molecule has 0 amide bonds. The van der Waals surface area contributed by atoms with Crippen molar-refractivity contribution in [3.63, 3.8) is 0 Å². The van der Waals surface area contributed by atoms with Gasteiger partial charge in [0.15, 0.2) is 0 Å². The average molecular weight is 552 g/mol. The van der Waals surface area contributed by atoms with Crippen molar-refractivity contribution < 1.29 is 8.42 Å². The van der Waals surface area contributed by atoms with E-state index in [1.54, 1.807) is 12.1 Å². The normalized spacial score (nSPS) is 12.2. The second kappa shape index (κ2) is 10.3. The fraction of sp³-hybridized carbons (Fsp3) is 0.125. The zero-order chi connectivity index (χ0) is 27.0. The maximum Gasteiger partial charge on any atom is 0.229 e. The molecule has 1 N–H and O–H groups in total. The first-order valence-corrected chi connectivity index (χ1v) is 15.0. The number of nitrogens with zero attached hydrogens (tertiary/aromatic N) is 2. The van der Waals surface area contributed by atoms with Crippen LogP contribution in [0.25, 0.3) is 33.6 Å². The lowest BCUT2D eigenvalue weighted by molar-refractivity contribution is 0.607. The average Bonchev–Trinajstić information content (AvgIpc) is 3.31. The molecule has 0 aliphatic heterocycles. The lowest BCUT2D eigenvalue weighted by Crippen LogP contribution is -2.09. The Morgan fingerprint density at radius 2 is 1.49 bits per heavy atom. The summed E-state index contributed by atoms with van der Waals surface area (Å²) in [4.78, 5) is 0. The van der Waals surface area contributed by atoms with Crippen molar-refractivity contribution in [1.82, 2.24) is 10.2 Å². The molecule has 1 aliphatic rings. The Labute approximate surface area is 233 Å². The standard InChI is InChI=1S/C32H26ClN3O2S/c1-39(37,38)36-26-15-10-22(11-16-26)30-18-19-31(35-34-30)32-23(9-6-21-7-13-25(33)14-8-21)12-17-28-27-5-3-2-4-24(27)20-29(28)32/h2-5,7-8,10-19,36H,6,9,20H2,1H3.